The number of aromatic nitrogens is 2. The lowest BCUT2D eigenvalue weighted by molar-refractivity contribution is 0.0920. The highest BCUT2D eigenvalue weighted by atomic mass is 16.1. The van der Waals surface area contributed by atoms with Gasteiger partial charge in [-0.05, 0) is 17.3 Å². The number of carbonyl (C=O) groups excluding carboxylic acids is 1. The number of anilines is 1. The molecule has 0 bridgehead atoms. The van der Waals surface area contributed by atoms with Crippen LogP contribution in [-0.4, -0.2) is 22.6 Å². The predicted octanol–water partition coefficient (Wildman–Crippen LogP) is 2.53. The molecular formula is C14H26N4O. The highest BCUT2D eigenvalue weighted by molar-refractivity contribution is 5.97. The van der Waals surface area contributed by atoms with Gasteiger partial charge in [0.2, 0.25) is 0 Å². The van der Waals surface area contributed by atoms with Crippen molar-refractivity contribution >= 4 is 11.6 Å². The largest absolute Gasteiger partial charge is 0.395 e. The lowest BCUT2D eigenvalue weighted by Gasteiger charge is -2.29. The van der Waals surface area contributed by atoms with Crippen LogP contribution < -0.4 is 11.1 Å². The number of rotatable bonds is 5. The van der Waals surface area contributed by atoms with E-state index < -0.39 is 0 Å². The first-order valence-corrected chi connectivity index (χ1v) is 6.78. The Kier molecular flexibility index (Phi) is 4.61. The third-order valence-electron chi connectivity index (χ3n) is 3.89. The van der Waals surface area contributed by atoms with E-state index in [1.165, 1.54) is 0 Å². The molecule has 0 spiro atoms. The Labute approximate surface area is 115 Å². The number of nitrogens with zero attached hydrogens (tertiary/aromatic N) is 1. The summed E-state index contributed by atoms with van der Waals surface area (Å²) < 4.78 is 0. The van der Waals surface area contributed by atoms with E-state index in [1.807, 2.05) is 13.8 Å². The third kappa shape index (κ3) is 3.49. The maximum Gasteiger partial charge on any atom is 0.273 e. The molecule has 1 aromatic heterocycles. The highest BCUT2D eigenvalue weighted by Crippen LogP contribution is 2.25. The second-order valence-corrected chi connectivity index (χ2v) is 6.38. The summed E-state index contributed by atoms with van der Waals surface area (Å²) in [6.45, 7) is 13.2. The van der Waals surface area contributed by atoms with Crippen LogP contribution in [-0.2, 0) is 0 Å². The minimum Gasteiger partial charge on any atom is -0.395 e. The molecule has 0 aromatic carbocycles. The number of nitrogen functional groups attached to an aromatic ring is 1. The van der Waals surface area contributed by atoms with Crippen molar-refractivity contribution in [2.45, 2.75) is 47.5 Å². The molecule has 0 aliphatic rings. The van der Waals surface area contributed by atoms with Crippen LogP contribution in [0.1, 0.15) is 63.6 Å². The van der Waals surface area contributed by atoms with Gasteiger partial charge in [0.25, 0.3) is 5.91 Å². The quantitative estimate of drug-likeness (QED) is 0.765. The Morgan fingerprint density at radius 2 is 1.95 bits per heavy atom. The van der Waals surface area contributed by atoms with Crippen LogP contribution in [0.3, 0.4) is 0 Å². The Morgan fingerprint density at radius 3 is 2.37 bits per heavy atom. The van der Waals surface area contributed by atoms with Crippen molar-refractivity contribution in [1.82, 2.24) is 15.5 Å². The number of amides is 1. The van der Waals surface area contributed by atoms with Crippen molar-refractivity contribution in [2.24, 2.45) is 11.3 Å². The summed E-state index contributed by atoms with van der Waals surface area (Å²) in [5, 5.41) is 9.77. The molecule has 0 saturated carbocycles. The molecule has 0 radical (unpaired) electrons. The van der Waals surface area contributed by atoms with E-state index in [0.717, 1.165) is 5.69 Å². The number of nitrogens with one attached hydrogen (secondary N) is 2. The zero-order valence-corrected chi connectivity index (χ0v) is 12.8. The van der Waals surface area contributed by atoms with Gasteiger partial charge in [-0.3, -0.25) is 9.89 Å². The van der Waals surface area contributed by atoms with Crippen molar-refractivity contribution in [2.75, 3.05) is 12.3 Å². The van der Waals surface area contributed by atoms with Gasteiger partial charge in [-0.2, -0.15) is 5.10 Å². The molecule has 5 heteroatoms. The van der Waals surface area contributed by atoms with Crippen LogP contribution >= 0.6 is 0 Å². The van der Waals surface area contributed by atoms with E-state index in [-0.39, 0.29) is 17.2 Å². The van der Waals surface area contributed by atoms with Crippen molar-refractivity contribution in [3.05, 3.63) is 11.4 Å². The van der Waals surface area contributed by atoms with Gasteiger partial charge in [0, 0.05) is 6.54 Å². The first-order valence-electron chi connectivity index (χ1n) is 6.78. The smallest absolute Gasteiger partial charge is 0.273 e. The Hall–Kier alpha value is -1.52. The standard InChI is InChI=1S/C14H26N4O/c1-8(2)11-10(15)12(18-17-11)13(19)16-7-14(5,6)9(3)4/h8-9H,7,15H2,1-6H3,(H,16,19)(H,17,18). The minimum absolute atomic E-state index is 0.0433. The molecule has 4 N–H and O–H groups in total. The summed E-state index contributed by atoms with van der Waals surface area (Å²) in [4.78, 5) is 12.1. The molecule has 0 aliphatic carbocycles. The van der Waals surface area contributed by atoms with Gasteiger partial charge in [0.05, 0.1) is 11.4 Å². The van der Waals surface area contributed by atoms with Crippen LogP contribution in [0, 0.1) is 11.3 Å². The summed E-state index contributed by atoms with van der Waals surface area (Å²) >= 11 is 0. The van der Waals surface area contributed by atoms with E-state index in [0.29, 0.717) is 23.8 Å². The van der Waals surface area contributed by atoms with Gasteiger partial charge in [0.15, 0.2) is 5.69 Å². The van der Waals surface area contributed by atoms with Crippen molar-refractivity contribution < 1.29 is 4.79 Å². The second kappa shape index (κ2) is 5.63. The average Bonchev–Trinajstić information content (AvgIpc) is 2.68. The molecule has 0 unspecified atom stereocenters. The highest BCUT2D eigenvalue weighted by Gasteiger charge is 2.25. The average molecular weight is 266 g/mol. The number of hydrogen-bond donors (Lipinski definition) is 3. The molecule has 0 atom stereocenters. The molecule has 0 saturated heterocycles. The second-order valence-electron chi connectivity index (χ2n) is 6.38. The van der Waals surface area contributed by atoms with Crippen LogP contribution in [0.25, 0.3) is 0 Å². The normalized spacial score (nSPS) is 12.2. The molecule has 19 heavy (non-hydrogen) atoms. The first-order chi connectivity index (χ1) is 8.66. The molecule has 108 valence electrons. The Balaban J connectivity index is 2.75. The zero-order valence-electron chi connectivity index (χ0n) is 12.8. The van der Waals surface area contributed by atoms with Gasteiger partial charge in [-0.15, -0.1) is 0 Å². The molecule has 1 aromatic rings. The molecule has 0 fully saturated rings. The number of H-pyrrole nitrogens is 1. The molecular weight excluding hydrogens is 240 g/mol. The van der Waals surface area contributed by atoms with Crippen LogP contribution in [0.4, 0.5) is 5.69 Å². The van der Waals surface area contributed by atoms with E-state index in [1.54, 1.807) is 0 Å². The van der Waals surface area contributed by atoms with Gasteiger partial charge >= 0.3 is 0 Å². The van der Waals surface area contributed by atoms with E-state index in [9.17, 15) is 4.79 Å². The van der Waals surface area contributed by atoms with Crippen LogP contribution in [0.15, 0.2) is 0 Å². The summed E-state index contributed by atoms with van der Waals surface area (Å²) in [5.41, 5.74) is 7.55. The summed E-state index contributed by atoms with van der Waals surface area (Å²) in [6.07, 6.45) is 0. The number of aromatic amines is 1. The fourth-order valence-corrected chi connectivity index (χ4v) is 1.57. The minimum atomic E-state index is -0.214. The number of carbonyl (C=O) groups is 1. The lowest BCUT2D eigenvalue weighted by Crippen LogP contribution is -2.37. The lowest BCUT2D eigenvalue weighted by atomic mass is 9.81. The van der Waals surface area contributed by atoms with Gasteiger partial charge in [-0.25, -0.2) is 0 Å². The molecule has 0 aliphatic heterocycles. The fraction of sp³-hybridized carbons (Fsp3) is 0.714. The van der Waals surface area contributed by atoms with E-state index in [2.05, 4.69) is 43.2 Å². The monoisotopic (exact) mass is 266 g/mol. The van der Waals surface area contributed by atoms with Crippen molar-refractivity contribution in [3.63, 3.8) is 0 Å². The van der Waals surface area contributed by atoms with Crippen molar-refractivity contribution in [1.29, 1.82) is 0 Å². The zero-order chi connectivity index (χ0) is 14.8. The SMILES string of the molecule is CC(C)c1[nH]nc(C(=O)NCC(C)(C)C(C)C)c1N. The molecule has 1 amide bonds. The maximum absolute atomic E-state index is 12.1. The molecule has 5 nitrogen and oxygen atoms in total. The third-order valence-corrected chi connectivity index (χ3v) is 3.89. The van der Waals surface area contributed by atoms with Gasteiger partial charge < -0.3 is 11.1 Å². The topological polar surface area (TPSA) is 83.8 Å². The van der Waals surface area contributed by atoms with E-state index in [4.69, 9.17) is 5.73 Å². The van der Waals surface area contributed by atoms with Gasteiger partial charge in [-0.1, -0.05) is 41.5 Å². The predicted molar refractivity (Wildman–Crippen MR) is 78.0 cm³/mol. The number of nitrogens with two attached hydrogens (primary N) is 1. The Morgan fingerprint density at radius 1 is 1.37 bits per heavy atom. The first kappa shape index (κ1) is 15.5. The molecule has 1 heterocycles. The summed E-state index contributed by atoms with van der Waals surface area (Å²) in [6, 6.07) is 0. The maximum atomic E-state index is 12.1. The van der Waals surface area contributed by atoms with E-state index >= 15 is 0 Å². The summed E-state index contributed by atoms with van der Waals surface area (Å²) in [7, 11) is 0. The Bertz CT molecular complexity index is 446. The fourth-order valence-electron chi connectivity index (χ4n) is 1.57. The molecule has 1 rings (SSSR count). The van der Waals surface area contributed by atoms with Gasteiger partial charge in [0.1, 0.15) is 0 Å². The van der Waals surface area contributed by atoms with Crippen LogP contribution in [0.5, 0.6) is 0 Å². The van der Waals surface area contributed by atoms with Crippen molar-refractivity contribution in [3.8, 4) is 0 Å². The summed E-state index contributed by atoms with van der Waals surface area (Å²) in [5.74, 6) is 0.492. The number of hydrogen-bond acceptors (Lipinski definition) is 3. The van der Waals surface area contributed by atoms with Crippen LogP contribution in [0.2, 0.25) is 0 Å².